The predicted molar refractivity (Wildman–Crippen MR) is 94.4 cm³/mol. The van der Waals surface area contributed by atoms with E-state index in [1.54, 1.807) is 0 Å². The molecule has 1 amide bonds. The molecule has 1 atom stereocenters. The highest BCUT2D eigenvalue weighted by atomic mass is 16.2. The first kappa shape index (κ1) is 17.0. The fourth-order valence-electron chi connectivity index (χ4n) is 4.19. The number of piperidine rings is 2. The van der Waals surface area contributed by atoms with E-state index in [-0.39, 0.29) is 11.9 Å². The molecule has 2 aliphatic rings. The van der Waals surface area contributed by atoms with Gasteiger partial charge in [0.15, 0.2) is 0 Å². The SMILES string of the molecule is CCN1CCCC[C@@H]1C(=O)N1CCC(C#N)(c2ccccc2)CC1. The third-order valence-corrected chi connectivity index (χ3v) is 5.77. The number of rotatable bonds is 3. The second-order valence-electron chi connectivity index (χ2n) is 7.03. The highest BCUT2D eigenvalue weighted by Crippen LogP contribution is 2.35. The lowest BCUT2D eigenvalue weighted by molar-refractivity contribution is -0.139. The Balaban J connectivity index is 1.68. The summed E-state index contributed by atoms with van der Waals surface area (Å²) in [5, 5.41) is 9.79. The highest BCUT2D eigenvalue weighted by molar-refractivity contribution is 5.82. The molecule has 4 heteroatoms. The van der Waals surface area contributed by atoms with Crippen LogP contribution in [0.2, 0.25) is 0 Å². The molecule has 2 saturated heterocycles. The molecular formula is C20H27N3O. The van der Waals surface area contributed by atoms with Crippen LogP contribution in [0.1, 0.15) is 44.6 Å². The van der Waals surface area contributed by atoms with E-state index >= 15 is 0 Å². The smallest absolute Gasteiger partial charge is 0.239 e. The number of nitriles is 1. The fourth-order valence-corrected chi connectivity index (χ4v) is 4.19. The zero-order valence-corrected chi connectivity index (χ0v) is 14.6. The standard InChI is InChI=1S/C20H27N3O/c1-2-22-13-7-6-10-18(22)19(24)23-14-11-20(16-21,12-15-23)17-8-4-3-5-9-17/h3-5,8-9,18H,2,6-7,10-15H2,1H3/t18-/m1/s1. The van der Waals surface area contributed by atoms with E-state index in [0.29, 0.717) is 13.1 Å². The molecule has 0 unspecified atom stereocenters. The van der Waals surface area contributed by atoms with Gasteiger partial charge in [-0.15, -0.1) is 0 Å². The van der Waals surface area contributed by atoms with E-state index in [2.05, 4.69) is 17.9 Å². The number of likely N-dealkylation sites (N-methyl/N-ethyl adjacent to an activating group) is 1. The second kappa shape index (κ2) is 7.36. The minimum Gasteiger partial charge on any atom is -0.341 e. The first-order valence-electron chi connectivity index (χ1n) is 9.20. The van der Waals surface area contributed by atoms with Gasteiger partial charge >= 0.3 is 0 Å². The summed E-state index contributed by atoms with van der Waals surface area (Å²) >= 11 is 0. The monoisotopic (exact) mass is 325 g/mol. The number of hydrogen-bond donors (Lipinski definition) is 0. The zero-order valence-electron chi connectivity index (χ0n) is 14.6. The highest BCUT2D eigenvalue weighted by Gasteiger charge is 2.39. The van der Waals surface area contributed by atoms with Gasteiger partial charge in [-0.25, -0.2) is 0 Å². The first-order valence-corrected chi connectivity index (χ1v) is 9.20. The van der Waals surface area contributed by atoms with Gasteiger partial charge in [-0.1, -0.05) is 43.7 Å². The van der Waals surface area contributed by atoms with E-state index in [1.807, 2.05) is 35.2 Å². The molecule has 0 saturated carbocycles. The summed E-state index contributed by atoms with van der Waals surface area (Å²) in [6, 6.07) is 12.6. The van der Waals surface area contributed by atoms with Crippen LogP contribution in [-0.2, 0) is 10.2 Å². The van der Waals surface area contributed by atoms with Crippen molar-refractivity contribution < 1.29 is 4.79 Å². The van der Waals surface area contributed by atoms with Crippen molar-refractivity contribution in [2.24, 2.45) is 0 Å². The van der Waals surface area contributed by atoms with Crippen molar-refractivity contribution in [1.82, 2.24) is 9.80 Å². The van der Waals surface area contributed by atoms with Crippen LogP contribution in [-0.4, -0.2) is 47.9 Å². The molecule has 0 aromatic heterocycles. The van der Waals surface area contributed by atoms with Gasteiger partial charge in [-0.05, 0) is 44.3 Å². The molecule has 128 valence electrons. The van der Waals surface area contributed by atoms with Crippen LogP contribution in [0.15, 0.2) is 30.3 Å². The summed E-state index contributed by atoms with van der Waals surface area (Å²) in [5.74, 6) is 0.274. The number of carbonyl (C=O) groups excluding carboxylic acids is 1. The van der Waals surface area contributed by atoms with Crippen LogP contribution >= 0.6 is 0 Å². The lowest BCUT2D eigenvalue weighted by Crippen LogP contribution is -2.54. The number of benzene rings is 1. The summed E-state index contributed by atoms with van der Waals surface area (Å²) in [6.07, 6.45) is 4.79. The van der Waals surface area contributed by atoms with Crippen molar-refractivity contribution in [2.75, 3.05) is 26.2 Å². The third-order valence-electron chi connectivity index (χ3n) is 5.77. The first-order chi connectivity index (χ1) is 11.7. The van der Waals surface area contributed by atoms with Gasteiger partial charge in [0.2, 0.25) is 5.91 Å². The maximum Gasteiger partial charge on any atom is 0.239 e. The molecule has 4 nitrogen and oxygen atoms in total. The van der Waals surface area contributed by atoms with Crippen LogP contribution in [0.4, 0.5) is 0 Å². The van der Waals surface area contributed by atoms with Crippen molar-refractivity contribution in [2.45, 2.75) is 50.5 Å². The Hall–Kier alpha value is -1.86. The Kier molecular flexibility index (Phi) is 5.20. The van der Waals surface area contributed by atoms with Gasteiger partial charge in [-0.2, -0.15) is 5.26 Å². The molecule has 1 aromatic rings. The molecule has 2 heterocycles. The number of nitrogens with zero attached hydrogens (tertiary/aromatic N) is 3. The summed E-state index contributed by atoms with van der Waals surface area (Å²) in [6.45, 7) is 5.49. The van der Waals surface area contributed by atoms with Gasteiger partial charge in [0.25, 0.3) is 0 Å². The number of hydrogen-bond acceptors (Lipinski definition) is 3. The molecule has 0 N–H and O–H groups in total. The quantitative estimate of drug-likeness (QED) is 0.858. The van der Waals surface area contributed by atoms with E-state index < -0.39 is 5.41 Å². The lowest BCUT2D eigenvalue weighted by Gasteiger charge is -2.42. The van der Waals surface area contributed by atoms with Crippen LogP contribution in [0.25, 0.3) is 0 Å². The average Bonchev–Trinajstić information content (AvgIpc) is 2.68. The molecule has 0 bridgehead atoms. The van der Waals surface area contributed by atoms with E-state index in [4.69, 9.17) is 0 Å². The Morgan fingerprint density at radius 3 is 2.54 bits per heavy atom. The van der Waals surface area contributed by atoms with Crippen LogP contribution in [0, 0.1) is 11.3 Å². The third kappa shape index (κ3) is 3.18. The molecule has 24 heavy (non-hydrogen) atoms. The molecule has 2 aliphatic heterocycles. The average molecular weight is 325 g/mol. The molecular weight excluding hydrogens is 298 g/mol. The topological polar surface area (TPSA) is 47.3 Å². The zero-order chi connectivity index (χ0) is 17.0. The van der Waals surface area contributed by atoms with Gasteiger partial charge in [0, 0.05) is 13.1 Å². The van der Waals surface area contributed by atoms with Crippen LogP contribution in [0.5, 0.6) is 0 Å². The Bertz CT molecular complexity index is 599. The van der Waals surface area contributed by atoms with Crippen LogP contribution in [0.3, 0.4) is 0 Å². The van der Waals surface area contributed by atoms with Gasteiger partial charge in [-0.3, -0.25) is 9.69 Å². The van der Waals surface area contributed by atoms with Crippen LogP contribution < -0.4 is 0 Å². The minimum atomic E-state index is -0.435. The van der Waals surface area contributed by atoms with Crippen molar-refractivity contribution in [1.29, 1.82) is 5.26 Å². The minimum absolute atomic E-state index is 0.0510. The molecule has 0 spiro atoms. The van der Waals surface area contributed by atoms with Crippen molar-refractivity contribution in [3.8, 4) is 6.07 Å². The predicted octanol–water partition coefficient (Wildman–Crippen LogP) is 2.94. The normalized spacial score (nSPS) is 24.3. The van der Waals surface area contributed by atoms with E-state index in [1.165, 1.54) is 6.42 Å². The summed E-state index contributed by atoms with van der Waals surface area (Å²) in [4.78, 5) is 17.3. The largest absolute Gasteiger partial charge is 0.341 e. The molecule has 3 rings (SSSR count). The van der Waals surface area contributed by atoms with E-state index in [9.17, 15) is 10.1 Å². The molecule has 0 aliphatic carbocycles. The summed E-state index contributed by atoms with van der Waals surface area (Å²) in [7, 11) is 0. The number of carbonyl (C=O) groups is 1. The Labute approximate surface area is 145 Å². The fraction of sp³-hybridized carbons (Fsp3) is 0.600. The van der Waals surface area contributed by atoms with Gasteiger partial charge < -0.3 is 4.90 Å². The van der Waals surface area contributed by atoms with Crippen molar-refractivity contribution in [3.05, 3.63) is 35.9 Å². The molecule has 1 aromatic carbocycles. The van der Waals surface area contributed by atoms with Crippen molar-refractivity contribution in [3.63, 3.8) is 0 Å². The van der Waals surface area contributed by atoms with Gasteiger partial charge in [0.05, 0.1) is 17.5 Å². The Morgan fingerprint density at radius 1 is 1.21 bits per heavy atom. The van der Waals surface area contributed by atoms with Crippen molar-refractivity contribution >= 4 is 5.91 Å². The number of amides is 1. The Morgan fingerprint density at radius 2 is 1.92 bits per heavy atom. The van der Waals surface area contributed by atoms with E-state index in [0.717, 1.165) is 44.3 Å². The number of likely N-dealkylation sites (tertiary alicyclic amines) is 2. The summed E-state index contributed by atoms with van der Waals surface area (Å²) < 4.78 is 0. The molecule has 2 fully saturated rings. The van der Waals surface area contributed by atoms with Gasteiger partial charge in [0.1, 0.15) is 0 Å². The lowest BCUT2D eigenvalue weighted by atomic mass is 9.74. The summed E-state index contributed by atoms with van der Waals surface area (Å²) in [5.41, 5.74) is 0.655. The molecule has 0 radical (unpaired) electrons. The maximum absolute atomic E-state index is 13.0. The second-order valence-corrected chi connectivity index (χ2v) is 7.03. The maximum atomic E-state index is 13.0.